The van der Waals surface area contributed by atoms with Crippen LogP contribution >= 0.6 is 11.6 Å². The molecule has 0 aliphatic heterocycles. The van der Waals surface area contributed by atoms with Crippen LogP contribution in [0.3, 0.4) is 0 Å². The molecule has 0 fully saturated rings. The maximum absolute atomic E-state index is 12.4. The highest BCUT2D eigenvalue weighted by Gasteiger charge is 2.25. The number of alkyl halides is 1. The summed E-state index contributed by atoms with van der Waals surface area (Å²) >= 11 is 5.66. The van der Waals surface area contributed by atoms with Crippen LogP contribution in [-0.4, -0.2) is 32.2 Å². The number of benzene rings is 1. The number of aryl methyl sites for hydroxylation is 1. The quantitative estimate of drug-likeness (QED) is 0.753. The minimum absolute atomic E-state index is 0.0674. The summed E-state index contributed by atoms with van der Waals surface area (Å²) in [5, 5.41) is 0. The van der Waals surface area contributed by atoms with Gasteiger partial charge in [-0.1, -0.05) is 32.9 Å². The highest BCUT2D eigenvalue weighted by atomic mass is 35.5. The molecule has 0 unspecified atom stereocenters. The van der Waals surface area contributed by atoms with Crippen molar-refractivity contribution in [2.24, 2.45) is 5.41 Å². The van der Waals surface area contributed by atoms with Gasteiger partial charge >= 0.3 is 0 Å². The molecule has 114 valence electrons. The molecule has 0 aromatic heterocycles. The van der Waals surface area contributed by atoms with Crippen LogP contribution in [0.25, 0.3) is 0 Å². The van der Waals surface area contributed by atoms with Gasteiger partial charge in [-0.05, 0) is 36.0 Å². The predicted molar refractivity (Wildman–Crippen MR) is 84.8 cm³/mol. The van der Waals surface area contributed by atoms with E-state index in [2.05, 4.69) is 0 Å². The van der Waals surface area contributed by atoms with E-state index < -0.39 is 10.0 Å². The van der Waals surface area contributed by atoms with E-state index in [1.165, 1.54) is 4.31 Å². The molecule has 0 saturated heterocycles. The fourth-order valence-electron chi connectivity index (χ4n) is 2.03. The van der Waals surface area contributed by atoms with Crippen molar-refractivity contribution in [1.29, 1.82) is 0 Å². The molecule has 0 saturated carbocycles. The summed E-state index contributed by atoms with van der Waals surface area (Å²) in [5.74, 6) is 0.619. The van der Waals surface area contributed by atoms with E-state index in [0.29, 0.717) is 17.3 Å². The van der Waals surface area contributed by atoms with Crippen LogP contribution in [-0.2, 0) is 16.4 Å². The average Bonchev–Trinajstić information content (AvgIpc) is 2.34. The molecule has 0 heterocycles. The molecule has 3 nitrogen and oxygen atoms in total. The molecule has 1 aromatic carbocycles. The molecule has 1 rings (SSSR count). The predicted octanol–water partition coefficient (Wildman–Crippen LogP) is 3.52. The largest absolute Gasteiger partial charge is 0.242 e. The zero-order valence-corrected chi connectivity index (χ0v) is 14.3. The number of halogens is 1. The Morgan fingerprint density at radius 2 is 1.70 bits per heavy atom. The lowest BCUT2D eigenvalue weighted by Gasteiger charge is -2.26. The van der Waals surface area contributed by atoms with Crippen molar-refractivity contribution in [3.8, 4) is 0 Å². The molecule has 0 atom stereocenters. The van der Waals surface area contributed by atoms with E-state index >= 15 is 0 Å². The first-order valence-corrected chi connectivity index (χ1v) is 8.75. The van der Waals surface area contributed by atoms with E-state index in [0.717, 1.165) is 18.4 Å². The summed E-state index contributed by atoms with van der Waals surface area (Å²) in [6.45, 7) is 6.56. The van der Waals surface area contributed by atoms with Crippen LogP contribution in [0, 0.1) is 5.41 Å². The number of nitrogens with zero attached hydrogens (tertiary/aromatic N) is 1. The Kier molecular flexibility index (Phi) is 6.05. The average molecular weight is 318 g/mol. The summed E-state index contributed by atoms with van der Waals surface area (Å²) in [4.78, 5) is 0.346. The summed E-state index contributed by atoms with van der Waals surface area (Å²) < 4.78 is 26.3. The summed E-state index contributed by atoms with van der Waals surface area (Å²) in [6, 6.07) is 7.09. The Bertz CT molecular complexity index is 518. The van der Waals surface area contributed by atoms with E-state index in [-0.39, 0.29) is 5.41 Å². The summed E-state index contributed by atoms with van der Waals surface area (Å²) in [7, 11) is -1.78. The van der Waals surface area contributed by atoms with Crippen molar-refractivity contribution in [1.82, 2.24) is 4.31 Å². The highest BCUT2D eigenvalue weighted by molar-refractivity contribution is 7.89. The van der Waals surface area contributed by atoms with Crippen molar-refractivity contribution in [2.75, 3.05) is 19.5 Å². The molecule has 0 aliphatic rings. The minimum atomic E-state index is -3.40. The van der Waals surface area contributed by atoms with Crippen LogP contribution in [0.2, 0.25) is 0 Å². The van der Waals surface area contributed by atoms with Crippen molar-refractivity contribution in [3.63, 3.8) is 0 Å². The molecule has 0 aliphatic carbocycles. The van der Waals surface area contributed by atoms with Crippen LogP contribution in [0.4, 0.5) is 0 Å². The maximum atomic E-state index is 12.4. The lowest BCUT2D eigenvalue weighted by molar-refractivity contribution is 0.311. The summed E-state index contributed by atoms with van der Waals surface area (Å²) in [5.41, 5.74) is 1.05. The smallest absolute Gasteiger partial charge is 0.207 e. The number of sulfonamides is 1. The Hall–Kier alpha value is -0.580. The van der Waals surface area contributed by atoms with Gasteiger partial charge in [-0.2, -0.15) is 0 Å². The first-order chi connectivity index (χ1) is 9.16. The lowest BCUT2D eigenvalue weighted by atomic mass is 9.97. The van der Waals surface area contributed by atoms with Crippen molar-refractivity contribution in [2.45, 2.75) is 38.5 Å². The molecule has 1 aromatic rings. The Morgan fingerprint density at radius 1 is 1.15 bits per heavy atom. The van der Waals surface area contributed by atoms with E-state index in [9.17, 15) is 8.42 Å². The fourth-order valence-corrected chi connectivity index (χ4v) is 3.56. The SMILES string of the molecule is CN(CC(C)(C)C)S(=O)(=O)c1ccc(CCCCl)cc1. The van der Waals surface area contributed by atoms with Gasteiger partial charge in [-0.15, -0.1) is 11.6 Å². The van der Waals surface area contributed by atoms with Crippen LogP contribution in [0.1, 0.15) is 32.8 Å². The van der Waals surface area contributed by atoms with Crippen LogP contribution < -0.4 is 0 Å². The second-order valence-corrected chi connectivity index (χ2v) is 8.68. The monoisotopic (exact) mass is 317 g/mol. The van der Waals surface area contributed by atoms with Crippen LogP contribution in [0.15, 0.2) is 29.2 Å². The molecule has 5 heteroatoms. The molecule has 0 N–H and O–H groups in total. The third-order valence-electron chi connectivity index (χ3n) is 2.93. The molecule has 0 spiro atoms. The molecule has 0 radical (unpaired) electrons. The van der Waals surface area contributed by atoms with Gasteiger partial charge < -0.3 is 0 Å². The first-order valence-electron chi connectivity index (χ1n) is 6.78. The Morgan fingerprint density at radius 3 is 2.15 bits per heavy atom. The van der Waals surface area contributed by atoms with Gasteiger partial charge in [0.05, 0.1) is 4.90 Å². The number of hydrogen-bond donors (Lipinski definition) is 0. The van der Waals surface area contributed by atoms with Crippen LogP contribution in [0.5, 0.6) is 0 Å². The zero-order valence-electron chi connectivity index (χ0n) is 12.7. The molecule has 0 amide bonds. The van der Waals surface area contributed by atoms with Gasteiger partial charge in [0, 0.05) is 19.5 Å². The highest BCUT2D eigenvalue weighted by Crippen LogP contribution is 2.21. The second-order valence-electron chi connectivity index (χ2n) is 6.26. The lowest BCUT2D eigenvalue weighted by Crippen LogP contribution is -2.34. The number of hydrogen-bond acceptors (Lipinski definition) is 2. The topological polar surface area (TPSA) is 37.4 Å². The Labute approximate surface area is 128 Å². The van der Waals surface area contributed by atoms with Gasteiger partial charge in [0.1, 0.15) is 0 Å². The third kappa shape index (κ3) is 5.08. The van der Waals surface area contributed by atoms with Gasteiger partial charge in [-0.25, -0.2) is 12.7 Å². The van der Waals surface area contributed by atoms with Crippen molar-refractivity contribution >= 4 is 21.6 Å². The Balaban J connectivity index is 2.87. The first kappa shape index (κ1) is 17.5. The molecular formula is C15H24ClNO2S. The van der Waals surface area contributed by atoms with Gasteiger partial charge in [0.15, 0.2) is 0 Å². The fraction of sp³-hybridized carbons (Fsp3) is 0.600. The normalized spacial score (nSPS) is 12.9. The molecular weight excluding hydrogens is 294 g/mol. The van der Waals surface area contributed by atoms with Gasteiger partial charge in [-0.3, -0.25) is 0 Å². The molecule has 0 bridgehead atoms. The van der Waals surface area contributed by atoms with E-state index in [4.69, 9.17) is 11.6 Å². The number of rotatable bonds is 6. The van der Waals surface area contributed by atoms with Gasteiger partial charge in [0.25, 0.3) is 0 Å². The summed E-state index contributed by atoms with van der Waals surface area (Å²) in [6.07, 6.45) is 1.78. The molecule has 20 heavy (non-hydrogen) atoms. The van der Waals surface area contributed by atoms with Crippen molar-refractivity contribution < 1.29 is 8.42 Å². The minimum Gasteiger partial charge on any atom is -0.207 e. The second kappa shape index (κ2) is 6.92. The maximum Gasteiger partial charge on any atom is 0.242 e. The van der Waals surface area contributed by atoms with Crippen molar-refractivity contribution in [3.05, 3.63) is 29.8 Å². The van der Waals surface area contributed by atoms with Gasteiger partial charge in [0.2, 0.25) is 10.0 Å². The zero-order chi connectivity index (χ0) is 15.4. The van der Waals surface area contributed by atoms with E-state index in [1.54, 1.807) is 19.2 Å². The van der Waals surface area contributed by atoms with E-state index in [1.807, 2.05) is 32.9 Å². The standard InChI is InChI=1S/C15H24ClNO2S/c1-15(2,3)12-17(4)20(18,19)14-9-7-13(8-10-14)6-5-11-16/h7-10H,5-6,11-12H2,1-4H3. The third-order valence-corrected chi connectivity index (χ3v) is 5.01.